The van der Waals surface area contributed by atoms with Gasteiger partial charge in [-0.25, -0.2) is 4.79 Å². The number of hydrogen-bond acceptors (Lipinski definition) is 11. The van der Waals surface area contributed by atoms with Gasteiger partial charge in [0, 0.05) is 6.54 Å². The zero-order chi connectivity index (χ0) is 28.8. The van der Waals surface area contributed by atoms with Crippen molar-refractivity contribution >= 4 is 11.9 Å². The summed E-state index contributed by atoms with van der Waals surface area (Å²) < 4.78 is 48.1. The number of ether oxygens (including phenoxy) is 9. The quantitative estimate of drug-likeness (QED) is 0.123. The second-order valence-corrected chi connectivity index (χ2v) is 8.06. The zero-order valence-corrected chi connectivity index (χ0v) is 23.3. The number of carbonyl (C=O) groups excluding carboxylic acids is 1. The van der Waals surface area contributed by atoms with Gasteiger partial charge in [-0.15, -0.1) is 0 Å². The molecule has 230 valence electrons. The van der Waals surface area contributed by atoms with Crippen LogP contribution in [0.2, 0.25) is 0 Å². The SMILES string of the molecule is O=C(O)COCC(=O)NCCOCCOCCOCCOCCOCCOCCOCCOCc1ccccc1. The number of amides is 1. The molecule has 1 aromatic rings. The number of nitrogens with one attached hydrogen (secondary N) is 1. The Kier molecular flexibility index (Phi) is 25.4. The molecule has 13 nitrogen and oxygen atoms in total. The van der Waals surface area contributed by atoms with Crippen molar-refractivity contribution in [2.45, 2.75) is 6.61 Å². The molecule has 0 bridgehead atoms. The summed E-state index contributed by atoms with van der Waals surface area (Å²) in [5, 5.41) is 11.0. The van der Waals surface area contributed by atoms with Crippen molar-refractivity contribution in [3.8, 4) is 0 Å². The van der Waals surface area contributed by atoms with E-state index in [1.54, 1.807) is 0 Å². The minimum Gasteiger partial charge on any atom is -0.480 e. The van der Waals surface area contributed by atoms with Gasteiger partial charge >= 0.3 is 5.97 Å². The van der Waals surface area contributed by atoms with Gasteiger partial charge in [-0.05, 0) is 5.56 Å². The Morgan fingerprint density at radius 3 is 1.35 bits per heavy atom. The van der Waals surface area contributed by atoms with Gasteiger partial charge < -0.3 is 53.1 Å². The second kappa shape index (κ2) is 28.3. The third-order valence-corrected chi connectivity index (χ3v) is 4.74. The molecule has 0 aromatic heterocycles. The average Bonchev–Trinajstić information content (AvgIpc) is 2.95. The number of hydrogen-bond donors (Lipinski definition) is 2. The average molecular weight is 576 g/mol. The minimum absolute atomic E-state index is 0.297. The Hall–Kier alpha value is -2.20. The molecule has 0 aliphatic carbocycles. The van der Waals surface area contributed by atoms with Gasteiger partial charge in [0.05, 0.1) is 106 Å². The summed E-state index contributed by atoms with van der Waals surface area (Å²) >= 11 is 0. The summed E-state index contributed by atoms with van der Waals surface area (Å²) in [5.41, 5.74) is 1.15. The summed E-state index contributed by atoms with van der Waals surface area (Å²) in [4.78, 5) is 21.6. The number of benzene rings is 1. The van der Waals surface area contributed by atoms with Gasteiger partial charge in [-0.3, -0.25) is 4.79 Å². The lowest BCUT2D eigenvalue weighted by Gasteiger charge is -2.09. The standard InChI is InChI=1S/C27H45NO12/c29-26(23-40-24-27(30)31)28-6-7-32-8-9-33-10-11-34-12-13-35-14-15-36-16-17-37-18-19-38-20-21-39-22-25-4-2-1-3-5-25/h1-5H,6-24H2,(H,28,29)(H,30,31). The van der Waals surface area contributed by atoms with E-state index in [0.29, 0.717) is 112 Å². The number of rotatable bonds is 30. The first-order valence-electron chi connectivity index (χ1n) is 13.4. The molecule has 0 radical (unpaired) electrons. The van der Waals surface area contributed by atoms with Crippen LogP contribution < -0.4 is 5.32 Å². The predicted molar refractivity (Wildman–Crippen MR) is 143 cm³/mol. The molecule has 2 N–H and O–H groups in total. The molecule has 0 aliphatic rings. The Labute approximate surface area is 236 Å². The van der Waals surface area contributed by atoms with Crippen LogP contribution in [0.4, 0.5) is 0 Å². The summed E-state index contributed by atoms with van der Waals surface area (Å²) in [7, 11) is 0. The highest BCUT2D eigenvalue weighted by atomic mass is 16.6. The molecule has 0 fully saturated rings. The lowest BCUT2D eigenvalue weighted by atomic mass is 10.2. The van der Waals surface area contributed by atoms with E-state index in [1.807, 2.05) is 30.3 Å². The maximum atomic E-state index is 11.3. The molecule has 13 heteroatoms. The van der Waals surface area contributed by atoms with Gasteiger partial charge in [-0.2, -0.15) is 0 Å². The van der Waals surface area contributed by atoms with E-state index in [2.05, 4.69) is 10.1 Å². The summed E-state index contributed by atoms with van der Waals surface area (Å²) in [6.07, 6.45) is 0. The molecular formula is C27H45NO12. The van der Waals surface area contributed by atoms with E-state index in [1.165, 1.54) is 0 Å². The molecule has 0 aliphatic heterocycles. The first-order valence-corrected chi connectivity index (χ1v) is 13.4. The number of carboxylic acid groups (broad SMARTS) is 1. The topological polar surface area (TPSA) is 149 Å². The van der Waals surface area contributed by atoms with Gasteiger partial charge in [-0.1, -0.05) is 30.3 Å². The Morgan fingerprint density at radius 2 is 0.925 bits per heavy atom. The van der Waals surface area contributed by atoms with Gasteiger partial charge in [0.1, 0.15) is 13.2 Å². The summed E-state index contributed by atoms with van der Waals surface area (Å²) in [5.74, 6) is -1.51. The van der Waals surface area contributed by atoms with Crippen molar-refractivity contribution in [3.63, 3.8) is 0 Å². The number of aliphatic carboxylic acids is 1. The molecule has 1 aromatic carbocycles. The fourth-order valence-electron chi connectivity index (χ4n) is 2.85. The van der Waals surface area contributed by atoms with Crippen molar-refractivity contribution in [3.05, 3.63) is 35.9 Å². The fraction of sp³-hybridized carbons (Fsp3) is 0.704. The number of carbonyl (C=O) groups is 2. The molecule has 0 saturated heterocycles. The maximum Gasteiger partial charge on any atom is 0.329 e. The Balaban J connectivity index is 1.65. The van der Waals surface area contributed by atoms with Crippen molar-refractivity contribution in [2.24, 2.45) is 0 Å². The highest BCUT2D eigenvalue weighted by Crippen LogP contribution is 2.00. The van der Waals surface area contributed by atoms with E-state index in [0.717, 1.165) is 5.56 Å². The molecule has 0 spiro atoms. The molecule has 40 heavy (non-hydrogen) atoms. The normalized spacial score (nSPS) is 11.1. The van der Waals surface area contributed by atoms with Crippen LogP contribution in [-0.2, 0) is 58.8 Å². The Morgan fingerprint density at radius 1 is 0.525 bits per heavy atom. The predicted octanol–water partition coefficient (Wildman–Crippen LogP) is 0.537. The number of carboxylic acids is 1. The molecule has 0 saturated carbocycles. The van der Waals surface area contributed by atoms with E-state index in [-0.39, 0.29) is 6.61 Å². The summed E-state index contributed by atoms with van der Waals surface area (Å²) in [6.45, 7) is 7.15. The van der Waals surface area contributed by atoms with Crippen LogP contribution in [-0.4, -0.2) is 136 Å². The van der Waals surface area contributed by atoms with Crippen LogP contribution in [0.1, 0.15) is 5.56 Å². The van der Waals surface area contributed by atoms with Crippen LogP contribution in [0.3, 0.4) is 0 Å². The molecule has 0 heterocycles. The van der Waals surface area contributed by atoms with Crippen LogP contribution in [0.5, 0.6) is 0 Å². The van der Waals surface area contributed by atoms with E-state index < -0.39 is 18.5 Å². The van der Waals surface area contributed by atoms with Crippen LogP contribution >= 0.6 is 0 Å². The van der Waals surface area contributed by atoms with Crippen molar-refractivity contribution in [1.29, 1.82) is 0 Å². The van der Waals surface area contributed by atoms with Crippen LogP contribution in [0.15, 0.2) is 30.3 Å². The van der Waals surface area contributed by atoms with Crippen molar-refractivity contribution < 1.29 is 57.3 Å². The first-order chi connectivity index (χ1) is 19.7. The minimum atomic E-state index is -1.12. The molecule has 0 atom stereocenters. The molecule has 1 rings (SSSR count). The van der Waals surface area contributed by atoms with Crippen LogP contribution in [0, 0.1) is 0 Å². The largest absolute Gasteiger partial charge is 0.480 e. The van der Waals surface area contributed by atoms with E-state index >= 15 is 0 Å². The second-order valence-electron chi connectivity index (χ2n) is 8.06. The Bertz CT molecular complexity index is 710. The first kappa shape index (κ1) is 35.8. The molecule has 1 amide bonds. The van der Waals surface area contributed by atoms with Crippen molar-refractivity contribution in [2.75, 3.05) is 119 Å². The van der Waals surface area contributed by atoms with Crippen LogP contribution in [0.25, 0.3) is 0 Å². The maximum absolute atomic E-state index is 11.3. The highest BCUT2D eigenvalue weighted by molar-refractivity contribution is 5.77. The fourth-order valence-corrected chi connectivity index (χ4v) is 2.85. The van der Waals surface area contributed by atoms with Gasteiger partial charge in [0.15, 0.2) is 0 Å². The molecule has 0 unspecified atom stereocenters. The molecular weight excluding hydrogens is 530 g/mol. The monoisotopic (exact) mass is 575 g/mol. The van der Waals surface area contributed by atoms with Gasteiger partial charge in [0.25, 0.3) is 0 Å². The zero-order valence-electron chi connectivity index (χ0n) is 23.3. The summed E-state index contributed by atoms with van der Waals surface area (Å²) in [6, 6.07) is 10.0. The lowest BCUT2D eigenvalue weighted by Crippen LogP contribution is -2.31. The van der Waals surface area contributed by atoms with E-state index in [9.17, 15) is 9.59 Å². The van der Waals surface area contributed by atoms with Crippen molar-refractivity contribution in [1.82, 2.24) is 5.32 Å². The smallest absolute Gasteiger partial charge is 0.329 e. The highest BCUT2D eigenvalue weighted by Gasteiger charge is 2.03. The third-order valence-electron chi connectivity index (χ3n) is 4.74. The lowest BCUT2D eigenvalue weighted by molar-refractivity contribution is -0.143. The van der Waals surface area contributed by atoms with E-state index in [4.69, 9.17) is 43.0 Å². The third kappa shape index (κ3) is 26.0. The van der Waals surface area contributed by atoms with Gasteiger partial charge in [0.2, 0.25) is 5.91 Å².